The molecule has 76 valence electrons. The smallest absolute Gasteiger partial charge is 0.0475 e. The van der Waals surface area contributed by atoms with Crippen molar-refractivity contribution in [3.8, 4) is 0 Å². The molecule has 0 spiro atoms. The summed E-state index contributed by atoms with van der Waals surface area (Å²) in [7, 11) is 0. The fraction of sp³-hybridized carbons (Fsp3) is 0.143. The lowest BCUT2D eigenvalue weighted by atomic mass is 10.1. The summed E-state index contributed by atoms with van der Waals surface area (Å²) < 4.78 is 0. The lowest BCUT2D eigenvalue weighted by Gasteiger charge is -2.24. The van der Waals surface area contributed by atoms with E-state index >= 15 is 0 Å². The van der Waals surface area contributed by atoms with Gasteiger partial charge in [-0.3, -0.25) is 0 Å². The minimum atomic E-state index is 0.890. The number of hydrogen-bond donors (Lipinski definition) is 0. The standard InChI is InChI=1S/C14H15N/c1-12-8-9-13(2)15(10-12)11-14-6-4-3-5-7-14/h3-10H,2,11H2,1H3. The largest absolute Gasteiger partial charge is 0.344 e. The monoisotopic (exact) mass is 197 g/mol. The van der Waals surface area contributed by atoms with Gasteiger partial charge in [-0.15, -0.1) is 0 Å². The first-order chi connectivity index (χ1) is 7.25. The predicted octanol–water partition coefficient (Wildman–Crippen LogP) is 3.48. The van der Waals surface area contributed by atoms with Crippen molar-refractivity contribution in [1.82, 2.24) is 4.90 Å². The van der Waals surface area contributed by atoms with Gasteiger partial charge in [-0.25, -0.2) is 0 Å². The maximum absolute atomic E-state index is 4.02. The molecule has 0 saturated carbocycles. The third-order valence-corrected chi connectivity index (χ3v) is 2.46. The molecule has 1 heteroatoms. The van der Waals surface area contributed by atoms with E-state index in [0.717, 1.165) is 12.2 Å². The lowest BCUT2D eigenvalue weighted by molar-refractivity contribution is 0.468. The summed E-state index contributed by atoms with van der Waals surface area (Å²) in [5.41, 5.74) is 3.61. The summed E-state index contributed by atoms with van der Waals surface area (Å²) in [6, 6.07) is 10.4. The highest BCUT2D eigenvalue weighted by atomic mass is 15.1. The zero-order chi connectivity index (χ0) is 10.7. The second kappa shape index (κ2) is 4.18. The highest BCUT2D eigenvalue weighted by Gasteiger charge is 2.06. The van der Waals surface area contributed by atoms with E-state index in [1.807, 2.05) is 6.07 Å². The van der Waals surface area contributed by atoms with Crippen molar-refractivity contribution in [2.75, 3.05) is 0 Å². The lowest BCUT2D eigenvalue weighted by Crippen LogP contribution is -2.16. The Balaban J connectivity index is 2.13. The van der Waals surface area contributed by atoms with Crippen molar-refractivity contribution in [3.63, 3.8) is 0 Å². The van der Waals surface area contributed by atoms with Crippen LogP contribution in [0.4, 0.5) is 0 Å². The SMILES string of the molecule is C=C1C=CC(C)=CN1Cc1ccccc1. The van der Waals surface area contributed by atoms with E-state index < -0.39 is 0 Å². The van der Waals surface area contributed by atoms with Crippen LogP contribution < -0.4 is 0 Å². The van der Waals surface area contributed by atoms with Crippen LogP contribution in [0.15, 0.2) is 66.5 Å². The molecular formula is C14H15N. The van der Waals surface area contributed by atoms with Crippen molar-refractivity contribution in [2.45, 2.75) is 13.5 Å². The van der Waals surface area contributed by atoms with Crippen molar-refractivity contribution in [1.29, 1.82) is 0 Å². The molecule has 1 aliphatic rings. The van der Waals surface area contributed by atoms with Gasteiger partial charge in [0.05, 0.1) is 0 Å². The van der Waals surface area contributed by atoms with Crippen LogP contribution in [-0.2, 0) is 6.54 Å². The van der Waals surface area contributed by atoms with E-state index in [0.29, 0.717) is 0 Å². The van der Waals surface area contributed by atoms with Gasteiger partial charge in [0.2, 0.25) is 0 Å². The van der Waals surface area contributed by atoms with Crippen LogP contribution in [-0.4, -0.2) is 4.90 Å². The third kappa shape index (κ3) is 2.38. The molecule has 1 aromatic carbocycles. The van der Waals surface area contributed by atoms with Crippen molar-refractivity contribution >= 4 is 0 Å². The first-order valence-electron chi connectivity index (χ1n) is 5.12. The number of nitrogens with zero attached hydrogens (tertiary/aromatic N) is 1. The Hall–Kier alpha value is -1.76. The average Bonchev–Trinajstić information content (AvgIpc) is 2.25. The Bertz CT molecular complexity index is 412. The van der Waals surface area contributed by atoms with Gasteiger partial charge in [0.1, 0.15) is 0 Å². The van der Waals surface area contributed by atoms with E-state index in [2.05, 4.69) is 61.0 Å². The van der Waals surface area contributed by atoms with Crippen LogP contribution in [0, 0.1) is 0 Å². The number of benzene rings is 1. The van der Waals surface area contributed by atoms with Crippen LogP contribution in [0.5, 0.6) is 0 Å². The van der Waals surface area contributed by atoms with Gasteiger partial charge in [-0.05, 0) is 24.1 Å². The minimum Gasteiger partial charge on any atom is -0.344 e. The molecule has 1 aliphatic heterocycles. The summed E-state index contributed by atoms with van der Waals surface area (Å²) in [5, 5.41) is 0. The molecule has 2 rings (SSSR count). The molecule has 0 amide bonds. The van der Waals surface area contributed by atoms with E-state index in [1.54, 1.807) is 0 Å². The molecule has 0 fully saturated rings. The molecule has 0 atom stereocenters. The molecule has 0 N–H and O–H groups in total. The average molecular weight is 197 g/mol. The first kappa shape index (κ1) is 9.78. The summed E-state index contributed by atoms with van der Waals surface area (Å²) in [4.78, 5) is 2.17. The van der Waals surface area contributed by atoms with Crippen LogP contribution in [0.25, 0.3) is 0 Å². The van der Waals surface area contributed by atoms with Crippen molar-refractivity contribution < 1.29 is 0 Å². The maximum Gasteiger partial charge on any atom is 0.0475 e. The molecule has 1 aromatic rings. The van der Waals surface area contributed by atoms with E-state index in [-0.39, 0.29) is 0 Å². The molecule has 0 saturated heterocycles. The normalized spacial score (nSPS) is 15.4. The summed E-state index contributed by atoms with van der Waals surface area (Å²) in [6.07, 6.45) is 6.28. The second-order valence-electron chi connectivity index (χ2n) is 3.81. The quantitative estimate of drug-likeness (QED) is 0.701. The number of allylic oxidation sites excluding steroid dienone is 3. The van der Waals surface area contributed by atoms with Gasteiger partial charge < -0.3 is 4.90 Å². The van der Waals surface area contributed by atoms with Gasteiger partial charge in [-0.1, -0.05) is 43.0 Å². The summed E-state index contributed by atoms with van der Waals surface area (Å²) in [6.45, 7) is 7.01. The topological polar surface area (TPSA) is 3.24 Å². The Labute approximate surface area is 91.0 Å². The Morgan fingerprint density at radius 2 is 1.87 bits per heavy atom. The molecule has 0 bridgehead atoms. The maximum atomic E-state index is 4.02. The van der Waals surface area contributed by atoms with E-state index in [1.165, 1.54) is 11.1 Å². The Kier molecular flexibility index (Phi) is 2.72. The predicted molar refractivity (Wildman–Crippen MR) is 64.0 cm³/mol. The van der Waals surface area contributed by atoms with Crippen LogP contribution in [0.2, 0.25) is 0 Å². The van der Waals surface area contributed by atoms with Gasteiger partial charge in [0.15, 0.2) is 0 Å². The van der Waals surface area contributed by atoms with E-state index in [9.17, 15) is 0 Å². The first-order valence-corrected chi connectivity index (χ1v) is 5.12. The molecule has 1 nitrogen and oxygen atoms in total. The van der Waals surface area contributed by atoms with Crippen LogP contribution in [0.1, 0.15) is 12.5 Å². The molecule has 15 heavy (non-hydrogen) atoms. The van der Waals surface area contributed by atoms with Crippen molar-refractivity contribution in [2.24, 2.45) is 0 Å². The molecule has 0 aromatic heterocycles. The molecular weight excluding hydrogens is 182 g/mol. The Morgan fingerprint density at radius 1 is 1.13 bits per heavy atom. The minimum absolute atomic E-state index is 0.890. The van der Waals surface area contributed by atoms with Crippen LogP contribution >= 0.6 is 0 Å². The number of rotatable bonds is 2. The fourth-order valence-corrected chi connectivity index (χ4v) is 1.62. The fourth-order valence-electron chi connectivity index (χ4n) is 1.62. The molecule has 1 heterocycles. The van der Waals surface area contributed by atoms with Gasteiger partial charge >= 0.3 is 0 Å². The summed E-state index contributed by atoms with van der Waals surface area (Å²) >= 11 is 0. The van der Waals surface area contributed by atoms with Crippen LogP contribution in [0.3, 0.4) is 0 Å². The Morgan fingerprint density at radius 3 is 2.60 bits per heavy atom. The third-order valence-electron chi connectivity index (χ3n) is 2.46. The zero-order valence-electron chi connectivity index (χ0n) is 8.98. The van der Waals surface area contributed by atoms with E-state index in [4.69, 9.17) is 0 Å². The number of hydrogen-bond acceptors (Lipinski definition) is 1. The van der Waals surface area contributed by atoms with Gasteiger partial charge in [-0.2, -0.15) is 0 Å². The molecule has 0 aliphatic carbocycles. The summed E-state index contributed by atoms with van der Waals surface area (Å²) in [5.74, 6) is 0. The zero-order valence-corrected chi connectivity index (χ0v) is 8.98. The van der Waals surface area contributed by atoms with Crippen molar-refractivity contribution in [3.05, 3.63) is 72.1 Å². The highest BCUT2D eigenvalue weighted by molar-refractivity contribution is 5.32. The highest BCUT2D eigenvalue weighted by Crippen LogP contribution is 2.17. The molecule has 0 unspecified atom stereocenters. The van der Waals surface area contributed by atoms with Gasteiger partial charge in [0, 0.05) is 18.4 Å². The second-order valence-corrected chi connectivity index (χ2v) is 3.81. The molecule has 0 radical (unpaired) electrons. The van der Waals surface area contributed by atoms with Gasteiger partial charge in [0.25, 0.3) is 0 Å².